The Morgan fingerprint density at radius 1 is 1.37 bits per heavy atom. The predicted octanol–water partition coefficient (Wildman–Crippen LogP) is 2.28. The molecule has 2 rings (SSSR count). The monoisotopic (exact) mass is 263 g/mol. The van der Waals surface area contributed by atoms with Gasteiger partial charge in [-0.05, 0) is 25.0 Å². The molecule has 0 saturated heterocycles. The fraction of sp³-hybridized carbons (Fsp3) is 0.429. The summed E-state index contributed by atoms with van der Waals surface area (Å²) in [7, 11) is 1.52. The molecule has 1 aromatic carbocycles. The lowest BCUT2D eigenvalue weighted by Gasteiger charge is -2.36. The second-order valence-corrected chi connectivity index (χ2v) is 4.86. The predicted molar refractivity (Wildman–Crippen MR) is 70.2 cm³/mol. The molecule has 5 heteroatoms. The summed E-state index contributed by atoms with van der Waals surface area (Å²) in [5.74, 6) is -0.602. The first-order valence-corrected chi connectivity index (χ1v) is 6.24. The average Bonchev–Trinajstić information content (AvgIpc) is 2.34. The first-order valence-electron chi connectivity index (χ1n) is 6.24. The number of amides is 1. The first kappa shape index (κ1) is 13.4. The van der Waals surface area contributed by atoms with Crippen molar-refractivity contribution < 1.29 is 19.4 Å². The summed E-state index contributed by atoms with van der Waals surface area (Å²) in [4.78, 5) is 23.2. The Morgan fingerprint density at radius 2 is 2.05 bits per heavy atom. The third-order valence-electron chi connectivity index (χ3n) is 3.64. The number of hydrogen-bond acceptors (Lipinski definition) is 3. The minimum Gasteiger partial charge on any atom is -0.495 e. The summed E-state index contributed by atoms with van der Waals surface area (Å²) in [6.07, 6.45) is 2.03. The molecule has 0 heterocycles. The molecule has 1 aromatic rings. The van der Waals surface area contributed by atoms with Crippen LogP contribution in [0.25, 0.3) is 0 Å². The number of aliphatic carboxylic acids is 1. The van der Waals surface area contributed by atoms with Crippen LogP contribution in [0.1, 0.15) is 25.7 Å². The molecule has 0 aliphatic heterocycles. The van der Waals surface area contributed by atoms with E-state index in [2.05, 4.69) is 5.32 Å². The molecule has 0 spiro atoms. The van der Waals surface area contributed by atoms with Crippen LogP contribution in [0.2, 0.25) is 0 Å². The number of rotatable bonds is 5. The molecule has 0 aromatic heterocycles. The van der Waals surface area contributed by atoms with Gasteiger partial charge in [0.05, 0.1) is 18.2 Å². The van der Waals surface area contributed by atoms with Gasteiger partial charge in [0.25, 0.3) is 0 Å². The van der Waals surface area contributed by atoms with Gasteiger partial charge in [-0.3, -0.25) is 9.59 Å². The number of methoxy groups -OCH3 is 1. The van der Waals surface area contributed by atoms with Crippen molar-refractivity contribution in [1.29, 1.82) is 0 Å². The van der Waals surface area contributed by atoms with Crippen molar-refractivity contribution in [3.05, 3.63) is 24.3 Å². The van der Waals surface area contributed by atoms with Crippen LogP contribution in [0, 0.1) is 5.41 Å². The van der Waals surface area contributed by atoms with E-state index in [4.69, 9.17) is 4.74 Å². The van der Waals surface area contributed by atoms with E-state index in [0.29, 0.717) is 24.3 Å². The van der Waals surface area contributed by atoms with Crippen LogP contribution in [-0.4, -0.2) is 24.1 Å². The Kier molecular flexibility index (Phi) is 3.74. The maximum absolute atomic E-state index is 12.0. The van der Waals surface area contributed by atoms with Crippen molar-refractivity contribution in [3.8, 4) is 5.75 Å². The molecular formula is C14H17NO4. The molecule has 1 amide bonds. The van der Waals surface area contributed by atoms with Gasteiger partial charge < -0.3 is 15.2 Å². The molecule has 1 aliphatic rings. The van der Waals surface area contributed by atoms with E-state index in [1.54, 1.807) is 24.3 Å². The molecule has 1 aliphatic carbocycles. The summed E-state index contributed by atoms with van der Waals surface area (Å²) in [6.45, 7) is 0. The molecule has 19 heavy (non-hydrogen) atoms. The number of hydrogen-bond donors (Lipinski definition) is 2. The number of para-hydroxylation sites is 2. The second kappa shape index (κ2) is 5.30. The smallest absolute Gasteiger partial charge is 0.310 e. The van der Waals surface area contributed by atoms with Crippen LogP contribution >= 0.6 is 0 Å². The summed E-state index contributed by atoms with van der Waals surface area (Å²) in [6, 6.07) is 7.06. The second-order valence-electron chi connectivity index (χ2n) is 4.86. The van der Waals surface area contributed by atoms with Crippen LogP contribution in [0.15, 0.2) is 24.3 Å². The Hall–Kier alpha value is -2.04. The Morgan fingerprint density at radius 3 is 2.58 bits per heavy atom. The highest BCUT2D eigenvalue weighted by Gasteiger charge is 2.45. The number of carboxylic acids is 1. The van der Waals surface area contributed by atoms with Crippen molar-refractivity contribution in [1.82, 2.24) is 0 Å². The molecule has 2 N–H and O–H groups in total. The molecule has 0 atom stereocenters. The van der Waals surface area contributed by atoms with Gasteiger partial charge in [-0.25, -0.2) is 0 Å². The number of ether oxygens (including phenoxy) is 1. The van der Waals surface area contributed by atoms with Crippen molar-refractivity contribution in [2.24, 2.45) is 5.41 Å². The zero-order chi connectivity index (χ0) is 13.9. The summed E-state index contributed by atoms with van der Waals surface area (Å²) in [5.41, 5.74) is -0.304. The standard InChI is InChI=1S/C14H17NO4/c1-19-11-6-3-2-5-10(11)15-12(16)9-14(13(17)18)7-4-8-14/h2-3,5-6H,4,7-9H2,1H3,(H,15,16)(H,17,18). The van der Waals surface area contributed by atoms with E-state index in [-0.39, 0.29) is 12.3 Å². The van der Waals surface area contributed by atoms with E-state index in [1.807, 2.05) is 0 Å². The van der Waals surface area contributed by atoms with Crippen LogP contribution < -0.4 is 10.1 Å². The van der Waals surface area contributed by atoms with E-state index in [1.165, 1.54) is 7.11 Å². The minimum absolute atomic E-state index is 0.0143. The molecule has 0 bridgehead atoms. The van der Waals surface area contributed by atoms with Crippen molar-refractivity contribution >= 4 is 17.6 Å². The van der Waals surface area contributed by atoms with E-state index in [0.717, 1.165) is 6.42 Å². The van der Waals surface area contributed by atoms with Gasteiger partial charge >= 0.3 is 5.97 Å². The zero-order valence-corrected chi connectivity index (χ0v) is 10.8. The molecule has 0 radical (unpaired) electrons. The van der Waals surface area contributed by atoms with Gasteiger partial charge in [0.1, 0.15) is 5.75 Å². The number of nitrogens with one attached hydrogen (secondary N) is 1. The minimum atomic E-state index is -0.881. The van der Waals surface area contributed by atoms with Gasteiger partial charge in [0.15, 0.2) is 0 Å². The van der Waals surface area contributed by atoms with E-state index >= 15 is 0 Å². The summed E-state index contributed by atoms with van der Waals surface area (Å²) < 4.78 is 5.13. The third kappa shape index (κ3) is 2.70. The molecule has 1 saturated carbocycles. The van der Waals surface area contributed by atoms with Gasteiger partial charge in [0.2, 0.25) is 5.91 Å². The quantitative estimate of drug-likeness (QED) is 0.854. The van der Waals surface area contributed by atoms with Gasteiger partial charge in [-0.2, -0.15) is 0 Å². The fourth-order valence-electron chi connectivity index (χ4n) is 2.32. The van der Waals surface area contributed by atoms with Crippen LogP contribution in [0.5, 0.6) is 5.75 Å². The summed E-state index contributed by atoms with van der Waals surface area (Å²) in [5, 5.41) is 11.9. The molecule has 5 nitrogen and oxygen atoms in total. The SMILES string of the molecule is COc1ccccc1NC(=O)CC1(C(=O)O)CCC1. The fourth-order valence-corrected chi connectivity index (χ4v) is 2.32. The number of carboxylic acid groups (broad SMARTS) is 1. The van der Waals surface area contributed by atoms with Crippen molar-refractivity contribution in [2.45, 2.75) is 25.7 Å². The largest absolute Gasteiger partial charge is 0.495 e. The van der Waals surface area contributed by atoms with Gasteiger partial charge in [0, 0.05) is 6.42 Å². The summed E-state index contributed by atoms with van der Waals surface area (Å²) >= 11 is 0. The maximum Gasteiger partial charge on any atom is 0.310 e. The highest BCUT2D eigenvalue weighted by molar-refractivity contribution is 5.95. The number of carbonyl (C=O) groups excluding carboxylic acids is 1. The molecular weight excluding hydrogens is 246 g/mol. The molecule has 1 fully saturated rings. The van der Waals surface area contributed by atoms with Crippen LogP contribution in [0.3, 0.4) is 0 Å². The Bertz CT molecular complexity index is 494. The van der Waals surface area contributed by atoms with Crippen LogP contribution in [0.4, 0.5) is 5.69 Å². The lowest BCUT2D eigenvalue weighted by molar-refractivity contribution is -0.157. The van der Waals surface area contributed by atoms with Gasteiger partial charge in [-0.15, -0.1) is 0 Å². The van der Waals surface area contributed by atoms with Crippen LogP contribution in [-0.2, 0) is 9.59 Å². The highest BCUT2D eigenvalue weighted by atomic mass is 16.5. The van der Waals surface area contributed by atoms with Crippen molar-refractivity contribution in [2.75, 3.05) is 12.4 Å². The number of anilines is 1. The normalized spacial score (nSPS) is 16.3. The Balaban J connectivity index is 2.03. The first-order chi connectivity index (χ1) is 9.07. The third-order valence-corrected chi connectivity index (χ3v) is 3.64. The highest BCUT2D eigenvalue weighted by Crippen LogP contribution is 2.44. The van der Waals surface area contributed by atoms with E-state index in [9.17, 15) is 14.7 Å². The van der Waals surface area contributed by atoms with E-state index < -0.39 is 11.4 Å². The van der Waals surface area contributed by atoms with Crippen molar-refractivity contribution in [3.63, 3.8) is 0 Å². The lowest BCUT2D eigenvalue weighted by Crippen LogP contribution is -2.41. The van der Waals surface area contributed by atoms with Gasteiger partial charge in [-0.1, -0.05) is 18.6 Å². The Labute approximate surface area is 111 Å². The number of carbonyl (C=O) groups is 2. The lowest BCUT2D eigenvalue weighted by atomic mass is 9.66. The topological polar surface area (TPSA) is 75.6 Å². The zero-order valence-electron chi connectivity index (χ0n) is 10.8. The molecule has 0 unspecified atom stereocenters. The maximum atomic E-state index is 12.0. The average molecular weight is 263 g/mol. The number of benzene rings is 1. The molecule has 102 valence electrons.